The van der Waals surface area contributed by atoms with E-state index in [-0.39, 0.29) is 0 Å². The topological polar surface area (TPSA) is 134 Å². The first-order chi connectivity index (χ1) is 5.45. The van der Waals surface area contributed by atoms with E-state index in [2.05, 4.69) is 9.78 Å². The predicted octanol–water partition coefficient (Wildman–Crippen LogP) is -2.26. The number of aliphatic hydroxyl groups excluding tert-OH is 2. The second-order valence-corrected chi connectivity index (χ2v) is 1.57. The van der Waals surface area contributed by atoms with Gasteiger partial charge in [0, 0.05) is 0 Å². The van der Waals surface area contributed by atoms with Gasteiger partial charge in [-0.25, -0.2) is 9.59 Å². The Balaban J connectivity index is 3.68. The molecule has 0 heterocycles. The summed E-state index contributed by atoms with van der Waals surface area (Å²) in [5, 5.41) is 32.5. The Morgan fingerprint density at radius 2 is 1.17 bits per heavy atom. The Kier molecular flexibility index (Phi) is 4.15. The Labute approximate surface area is 65.5 Å². The molecule has 0 aromatic heterocycles. The van der Waals surface area contributed by atoms with Crippen LogP contribution in [-0.2, 0) is 19.4 Å². The average molecular weight is 182 g/mol. The molecule has 0 bridgehead atoms. The number of carboxylic acid groups (broad SMARTS) is 2. The van der Waals surface area contributed by atoms with Gasteiger partial charge in [0.05, 0.1) is 0 Å². The van der Waals surface area contributed by atoms with Crippen LogP contribution in [0.15, 0.2) is 0 Å². The van der Waals surface area contributed by atoms with Crippen LogP contribution in [0.3, 0.4) is 0 Å². The number of carbonyl (C=O) groups is 2. The molecule has 0 spiro atoms. The highest BCUT2D eigenvalue weighted by molar-refractivity contribution is 5.71. The molecule has 0 aliphatic carbocycles. The fourth-order valence-corrected chi connectivity index (χ4v) is 0.188. The third-order valence-corrected chi connectivity index (χ3v) is 0.660. The van der Waals surface area contributed by atoms with E-state index in [0.29, 0.717) is 0 Å². The zero-order valence-corrected chi connectivity index (χ0v) is 5.58. The van der Waals surface area contributed by atoms with Gasteiger partial charge >= 0.3 is 11.9 Å². The van der Waals surface area contributed by atoms with Crippen molar-refractivity contribution in [2.45, 2.75) is 12.6 Å². The molecule has 0 rings (SSSR count). The summed E-state index contributed by atoms with van der Waals surface area (Å²) in [6, 6.07) is 0. The first kappa shape index (κ1) is 10.8. The van der Waals surface area contributed by atoms with Crippen LogP contribution in [0, 0.1) is 0 Å². The van der Waals surface area contributed by atoms with Crippen LogP contribution in [-0.4, -0.2) is 44.9 Å². The lowest BCUT2D eigenvalue weighted by Gasteiger charge is -2.07. The summed E-state index contributed by atoms with van der Waals surface area (Å²) < 4.78 is 0. The molecule has 0 saturated heterocycles. The van der Waals surface area contributed by atoms with Crippen LogP contribution in [0.4, 0.5) is 0 Å². The van der Waals surface area contributed by atoms with Crippen molar-refractivity contribution in [3.63, 3.8) is 0 Å². The molecule has 0 aliphatic heterocycles. The minimum Gasteiger partial charge on any atom is -0.477 e. The SMILES string of the molecule is O=C(O)C(O)OOC(O)C(=O)O. The Hall–Kier alpha value is -1.22. The van der Waals surface area contributed by atoms with Gasteiger partial charge in [-0.2, -0.15) is 9.78 Å². The molecule has 70 valence electrons. The van der Waals surface area contributed by atoms with Gasteiger partial charge in [-0.05, 0) is 0 Å². The van der Waals surface area contributed by atoms with Crippen molar-refractivity contribution < 1.29 is 39.8 Å². The van der Waals surface area contributed by atoms with E-state index in [1.54, 1.807) is 0 Å². The summed E-state index contributed by atoms with van der Waals surface area (Å²) >= 11 is 0. The van der Waals surface area contributed by atoms with Crippen molar-refractivity contribution in [2.24, 2.45) is 0 Å². The molecule has 0 aliphatic rings. The van der Waals surface area contributed by atoms with Gasteiger partial charge in [-0.1, -0.05) is 0 Å². The quantitative estimate of drug-likeness (QED) is 0.212. The number of aliphatic carboxylic acids is 2. The van der Waals surface area contributed by atoms with Gasteiger partial charge in [0.25, 0.3) is 12.6 Å². The maximum Gasteiger partial charge on any atom is 0.363 e. The van der Waals surface area contributed by atoms with Gasteiger partial charge in [0.2, 0.25) is 0 Å². The molecule has 12 heavy (non-hydrogen) atoms. The van der Waals surface area contributed by atoms with Gasteiger partial charge in [-0.3, -0.25) is 0 Å². The molecule has 0 radical (unpaired) electrons. The second kappa shape index (κ2) is 4.62. The summed E-state index contributed by atoms with van der Waals surface area (Å²) in [7, 11) is 0. The van der Waals surface area contributed by atoms with Crippen molar-refractivity contribution in [2.75, 3.05) is 0 Å². The molecule has 0 aromatic rings. The van der Waals surface area contributed by atoms with Crippen LogP contribution < -0.4 is 0 Å². The lowest BCUT2D eigenvalue weighted by atomic mass is 10.7. The first-order valence-corrected chi connectivity index (χ1v) is 2.59. The minimum atomic E-state index is -2.33. The summed E-state index contributed by atoms with van der Waals surface area (Å²) in [6.45, 7) is 0. The van der Waals surface area contributed by atoms with Crippen LogP contribution in [0.25, 0.3) is 0 Å². The summed E-state index contributed by atoms with van der Waals surface area (Å²) in [5.74, 6) is -3.54. The number of hydrogen-bond acceptors (Lipinski definition) is 6. The minimum absolute atomic E-state index is 1.77. The average Bonchev–Trinajstić information content (AvgIpc) is 1.98. The smallest absolute Gasteiger partial charge is 0.363 e. The predicted molar refractivity (Wildman–Crippen MR) is 29.5 cm³/mol. The van der Waals surface area contributed by atoms with E-state index in [4.69, 9.17) is 20.4 Å². The summed E-state index contributed by atoms with van der Waals surface area (Å²) in [5.41, 5.74) is 0. The highest BCUT2D eigenvalue weighted by atomic mass is 17.2. The molecular weight excluding hydrogens is 176 g/mol. The highest BCUT2D eigenvalue weighted by Gasteiger charge is 2.20. The zero-order chi connectivity index (χ0) is 9.72. The molecule has 0 aromatic carbocycles. The van der Waals surface area contributed by atoms with Crippen molar-refractivity contribution in [3.05, 3.63) is 0 Å². The first-order valence-electron chi connectivity index (χ1n) is 2.59. The molecule has 4 N–H and O–H groups in total. The Morgan fingerprint density at radius 3 is 1.33 bits per heavy atom. The van der Waals surface area contributed by atoms with Crippen LogP contribution >= 0.6 is 0 Å². The standard InChI is InChI=1S/C4H6O8/c5-1(6)3(9)11-12-4(10)2(7)8/h3-4,9-10H,(H,5,6)(H,7,8). The van der Waals surface area contributed by atoms with Gasteiger partial charge < -0.3 is 20.4 Å². The second-order valence-electron chi connectivity index (χ2n) is 1.57. The molecule has 8 heteroatoms. The number of rotatable bonds is 5. The van der Waals surface area contributed by atoms with Crippen molar-refractivity contribution in [1.29, 1.82) is 0 Å². The van der Waals surface area contributed by atoms with Gasteiger partial charge in [0.1, 0.15) is 0 Å². The molecule has 0 fully saturated rings. The van der Waals surface area contributed by atoms with E-state index >= 15 is 0 Å². The maximum atomic E-state index is 9.80. The third-order valence-electron chi connectivity index (χ3n) is 0.660. The van der Waals surface area contributed by atoms with Crippen molar-refractivity contribution >= 4 is 11.9 Å². The molecule has 2 unspecified atom stereocenters. The number of carboxylic acids is 2. The third kappa shape index (κ3) is 3.83. The summed E-state index contributed by atoms with van der Waals surface area (Å²) in [6.07, 6.45) is -4.67. The van der Waals surface area contributed by atoms with Crippen LogP contribution in [0.5, 0.6) is 0 Å². The normalized spacial score (nSPS) is 15.2. The summed E-state index contributed by atoms with van der Waals surface area (Å²) in [4.78, 5) is 26.7. The maximum absolute atomic E-state index is 9.80. The fraction of sp³-hybridized carbons (Fsp3) is 0.500. The number of aliphatic hydroxyl groups is 2. The van der Waals surface area contributed by atoms with Crippen molar-refractivity contribution in [1.82, 2.24) is 0 Å². The Bertz CT molecular complexity index is 156. The lowest BCUT2D eigenvalue weighted by molar-refractivity contribution is -0.407. The largest absolute Gasteiger partial charge is 0.477 e. The Morgan fingerprint density at radius 1 is 0.917 bits per heavy atom. The van der Waals surface area contributed by atoms with Crippen LogP contribution in [0.2, 0.25) is 0 Å². The number of hydrogen-bond donors (Lipinski definition) is 4. The van der Waals surface area contributed by atoms with Gasteiger partial charge in [0.15, 0.2) is 0 Å². The van der Waals surface area contributed by atoms with Gasteiger partial charge in [-0.15, -0.1) is 0 Å². The highest BCUT2D eigenvalue weighted by Crippen LogP contribution is 1.93. The van der Waals surface area contributed by atoms with E-state index in [9.17, 15) is 9.59 Å². The van der Waals surface area contributed by atoms with E-state index in [1.165, 1.54) is 0 Å². The van der Waals surface area contributed by atoms with E-state index in [1.807, 2.05) is 0 Å². The fourth-order valence-electron chi connectivity index (χ4n) is 0.188. The molecule has 0 amide bonds. The molecule has 2 atom stereocenters. The molecule has 8 nitrogen and oxygen atoms in total. The monoisotopic (exact) mass is 182 g/mol. The van der Waals surface area contributed by atoms with Crippen LogP contribution in [0.1, 0.15) is 0 Å². The van der Waals surface area contributed by atoms with Crippen molar-refractivity contribution in [3.8, 4) is 0 Å². The zero-order valence-electron chi connectivity index (χ0n) is 5.58. The molecular formula is C4H6O8. The van der Waals surface area contributed by atoms with E-state index in [0.717, 1.165) is 0 Å². The van der Waals surface area contributed by atoms with E-state index < -0.39 is 24.5 Å². The molecule has 0 saturated carbocycles. The lowest BCUT2D eigenvalue weighted by Crippen LogP contribution is -2.29.